The minimum Gasteiger partial charge on any atom is -0.497 e. The van der Waals surface area contributed by atoms with Crippen molar-refractivity contribution in [3.63, 3.8) is 0 Å². The van der Waals surface area contributed by atoms with E-state index in [-0.39, 0.29) is 17.9 Å². The Balaban J connectivity index is 1.67. The number of carbonyl (C=O) groups is 1. The Labute approximate surface area is 151 Å². The molecule has 0 unspecified atom stereocenters. The predicted octanol–water partition coefficient (Wildman–Crippen LogP) is 3.78. The molecule has 134 valence electrons. The summed E-state index contributed by atoms with van der Waals surface area (Å²) in [7, 11) is 1.59. The summed E-state index contributed by atoms with van der Waals surface area (Å²) < 4.78 is 16.1. The van der Waals surface area contributed by atoms with Crippen LogP contribution in [0, 0.1) is 0 Å². The van der Waals surface area contributed by atoms with Crippen molar-refractivity contribution in [2.45, 2.75) is 20.0 Å². The fourth-order valence-corrected chi connectivity index (χ4v) is 2.24. The molecule has 0 aliphatic rings. The highest BCUT2D eigenvalue weighted by molar-refractivity contribution is 6.00. The van der Waals surface area contributed by atoms with Crippen LogP contribution >= 0.6 is 0 Å². The summed E-state index contributed by atoms with van der Waals surface area (Å²) in [5.74, 6) is 1.13. The summed E-state index contributed by atoms with van der Waals surface area (Å²) in [5.41, 5.74) is 1.31. The van der Waals surface area contributed by atoms with Gasteiger partial charge in [0.2, 0.25) is 5.89 Å². The van der Waals surface area contributed by atoms with Crippen molar-refractivity contribution in [3.8, 4) is 23.0 Å². The van der Waals surface area contributed by atoms with Crippen LogP contribution in [0.25, 0.3) is 11.5 Å². The number of amides is 1. The molecule has 0 saturated carbocycles. The maximum Gasteiger partial charge on any atom is 0.313 e. The van der Waals surface area contributed by atoms with Crippen LogP contribution in [0.2, 0.25) is 0 Å². The summed E-state index contributed by atoms with van der Waals surface area (Å²) >= 11 is 0. The summed E-state index contributed by atoms with van der Waals surface area (Å²) in [5, 5.41) is 10.4. The van der Waals surface area contributed by atoms with Gasteiger partial charge in [0.05, 0.1) is 13.2 Å². The third-order valence-electron chi connectivity index (χ3n) is 3.44. The maximum absolute atomic E-state index is 12.3. The molecule has 0 saturated heterocycles. The minimum atomic E-state index is -0.477. The molecule has 0 aliphatic carbocycles. The zero-order valence-electron chi connectivity index (χ0n) is 14.7. The van der Waals surface area contributed by atoms with Gasteiger partial charge in [-0.1, -0.05) is 0 Å². The molecular weight excluding hydrogens is 334 g/mol. The fraction of sp³-hybridized carbons (Fsp3) is 0.211. The number of hydrogen-bond acceptors (Lipinski definition) is 6. The van der Waals surface area contributed by atoms with Crippen LogP contribution in [0.1, 0.15) is 24.5 Å². The molecule has 0 aliphatic heterocycles. The van der Waals surface area contributed by atoms with E-state index in [0.29, 0.717) is 11.3 Å². The average Bonchev–Trinajstić information content (AvgIpc) is 3.13. The number of methoxy groups -OCH3 is 1. The summed E-state index contributed by atoms with van der Waals surface area (Å²) in [6, 6.07) is 14.2. The molecule has 2 aromatic carbocycles. The van der Waals surface area contributed by atoms with Gasteiger partial charge in [-0.2, -0.15) is 0 Å². The molecule has 26 heavy (non-hydrogen) atoms. The Morgan fingerprint density at radius 2 is 1.65 bits per heavy atom. The highest BCUT2D eigenvalue weighted by Crippen LogP contribution is 2.22. The number of hydrogen-bond donors (Lipinski definition) is 1. The molecule has 3 rings (SSSR count). The van der Waals surface area contributed by atoms with E-state index in [1.165, 1.54) is 0 Å². The summed E-state index contributed by atoms with van der Waals surface area (Å²) in [6.45, 7) is 3.90. The molecule has 1 N–H and O–H groups in total. The Bertz CT molecular complexity index is 871. The van der Waals surface area contributed by atoms with E-state index in [9.17, 15) is 4.79 Å². The van der Waals surface area contributed by atoms with Gasteiger partial charge in [-0.15, -0.1) is 10.2 Å². The molecule has 1 amide bonds. The van der Waals surface area contributed by atoms with Gasteiger partial charge in [0.25, 0.3) is 0 Å². The maximum atomic E-state index is 12.3. The van der Waals surface area contributed by atoms with E-state index >= 15 is 0 Å². The van der Waals surface area contributed by atoms with Crippen molar-refractivity contribution in [1.82, 2.24) is 10.2 Å². The first kappa shape index (κ1) is 17.5. The zero-order chi connectivity index (χ0) is 18.5. The van der Waals surface area contributed by atoms with Crippen LogP contribution in [0.15, 0.2) is 52.9 Å². The second kappa shape index (κ2) is 7.69. The Kier molecular flexibility index (Phi) is 5.17. The number of carbonyl (C=O) groups excluding carboxylic acids is 1. The standard InChI is InChI=1S/C19H19N3O4/c1-12(2)25-16-10-6-14(7-11-16)20-17(23)19-22-21-18(26-19)13-4-8-15(24-3)9-5-13/h4-12H,1-3H3,(H,20,23). The second-order valence-corrected chi connectivity index (χ2v) is 5.79. The van der Waals surface area contributed by atoms with Crippen molar-refractivity contribution in [2.24, 2.45) is 0 Å². The van der Waals surface area contributed by atoms with Gasteiger partial charge < -0.3 is 19.2 Å². The number of aromatic nitrogens is 2. The van der Waals surface area contributed by atoms with Gasteiger partial charge in [-0.25, -0.2) is 0 Å². The molecule has 7 nitrogen and oxygen atoms in total. The molecule has 7 heteroatoms. The van der Waals surface area contributed by atoms with Gasteiger partial charge in [-0.05, 0) is 62.4 Å². The lowest BCUT2D eigenvalue weighted by Crippen LogP contribution is -2.12. The third-order valence-corrected chi connectivity index (χ3v) is 3.44. The topological polar surface area (TPSA) is 86.5 Å². The number of nitrogens with one attached hydrogen (secondary N) is 1. The molecule has 0 bridgehead atoms. The largest absolute Gasteiger partial charge is 0.497 e. The third kappa shape index (κ3) is 4.18. The first-order chi connectivity index (χ1) is 12.5. The SMILES string of the molecule is COc1ccc(-c2nnc(C(=O)Nc3ccc(OC(C)C)cc3)o2)cc1. The lowest BCUT2D eigenvalue weighted by Gasteiger charge is -2.10. The number of anilines is 1. The van der Waals surface area contributed by atoms with E-state index in [1.807, 2.05) is 13.8 Å². The fourth-order valence-electron chi connectivity index (χ4n) is 2.24. The summed E-state index contributed by atoms with van der Waals surface area (Å²) in [6.07, 6.45) is 0.0882. The Morgan fingerprint density at radius 1 is 1.00 bits per heavy atom. The molecule has 0 spiro atoms. The van der Waals surface area contributed by atoms with Crippen LogP contribution in [0.5, 0.6) is 11.5 Å². The van der Waals surface area contributed by atoms with Gasteiger partial charge >= 0.3 is 11.8 Å². The van der Waals surface area contributed by atoms with Gasteiger partial charge in [0.15, 0.2) is 0 Å². The highest BCUT2D eigenvalue weighted by atomic mass is 16.5. The Hall–Kier alpha value is -3.35. The van der Waals surface area contributed by atoms with Gasteiger partial charge in [0, 0.05) is 11.3 Å². The Morgan fingerprint density at radius 3 is 2.27 bits per heavy atom. The van der Waals surface area contributed by atoms with E-state index in [2.05, 4.69) is 15.5 Å². The van der Waals surface area contributed by atoms with E-state index < -0.39 is 5.91 Å². The first-order valence-corrected chi connectivity index (χ1v) is 8.11. The van der Waals surface area contributed by atoms with Crippen molar-refractivity contribution < 1.29 is 18.7 Å². The van der Waals surface area contributed by atoms with E-state index in [4.69, 9.17) is 13.9 Å². The molecule has 0 radical (unpaired) electrons. The van der Waals surface area contributed by atoms with E-state index in [1.54, 1.807) is 55.6 Å². The molecule has 3 aromatic rings. The first-order valence-electron chi connectivity index (χ1n) is 8.11. The smallest absolute Gasteiger partial charge is 0.313 e. The second-order valence-electron chi connectivity index (χ2n) is 5.79. The van der Waals surface area contributed by atoms with Crippen LogP contribution in [0.4, 0.5) is 5.69 Å². The van der Waals surface area contributed by atoms with E-state index in [0.717, 1.165) is 11.5 Å². The normalized spacial score (nSPS) is 10.6. The number of nitrogens with zero attached hydrogens (tertiary/aromatic N) is 2. The minimum absolute atomic E-state index is 0.0882. The molecular formula is C19H19N3O4. The molecule has 0 atom stereocenters. The zero-order valence-corrected chi connectivity index (χ0v) is 14.7. The molecule has 1 heterocycles. The lowest BCUT2D eigenvalue weighted by atomic mass is 10.2. The van der Waals surface area contributed by atoms with Crippen molar-refractivity contribution in [1.29, 1.82) is 0 Å². The van der Waals surface area contributed by atoms with Gasteiger partial charge in [-0.3, -0.25) is 4.79 Å². The average molecular weight is 353 g/mol. The summed E-state index contributed by atoms with van der Waals surface area (Å²) in [4.78, 5) is 12.3. The number of benzene rings is 2. The molecule has 1 aromatic heterocycles. The number of rotatable bonds is 6. The molecule has 0 fully saturated rings. The lowest BCUT2D eigenvalue weighted by molar-refractivity contribution is 0.0991. The van der Waals surface area contributed by atoms with Crippen molar-refractivity contribution in [3.05, 3.63) is 54.4 Å². The monoisotopic (exact) mass is 353 g/mol. The number of ether oxygens (including phenoxy) is 2. The van der Waals surface area contributed by atoms with Gasteiger partial charge in [0.1, 0.15) is 11.5 Å². The van der Waals surface area contributed by atoms with Crippen LogP contribution in [-0.2, 0) is 0 Å². The van der Waals surface area contributed by atoms with Crippen LogP contribution in [-0.4, -0.2) is 29.3 Å². The van der Waals surface area contributed by atoms with Crippen molar-refractivity contribution in [2.75, 3.05) is 12.4 Å². The van der Waals surface area contributed by atoms with Crippen LogP contribution in [0.3, 0.4) is 0 Å². The quantitative estimate of drug-likeness (QED) is 0.726. The van der Waals surface area contributed by atoms with Crippen molar-refractivity contribution >= 4 is 11.6 Å². The predicted molar refractivity (Wildman–Crippen MR) is 96.4 cm³/mol. The van der Waals surface area contributed by atoms with Crippen LogP contribution < -0.4 is 14.8 Å². The highest BCUT2D eigenvalue weighted by Gasteiger charge is 2.16.